The van der Waals surface area contributed by atoms with Crippen molar-refractivity contribution in [1.29, 1.82) is 0 Å². The number of aromatic nitrogens is 1. The summed E-state index contributed by atoms with van der Waals surface area (Å²) in [4.78, 5) is 59.6. The second-order valence-corrected chi connectivity index (χ2v) is 9.97. The molecule has 2 fully saturated rings. The molecule has 2 aromatic heterocycles. The Hall–Kier alpha value is -3.49. The monoisotopic (exact) mass is 492 g/mol. The highest BCUT2D eigenvalue weighted by Crippen LogP contribution is 2.38. The second-order valence-electron chi connectivity index (χ2n) is 9.97. The van der Waals surface area contributed by atoms with Crippen molar-refractivity contribution >= 4 is 23.6 Å². The number of hydrogen-bond donors (Lipinski definition) is 1. The lowest BCUT2D eigenvalue weighted by Gasteiger charge is -2.41. The third kappa shape index (κ3) is 4.20. The van der Waals surface area contributed by atoms with Gasteiger partial charge in [-0.05, 0) is 43.7 Å². The molecule has 2 aromatic rings. The van der Waals surface area contributed by atoms with Crippen molar-refractivity contribution in [3.63, 3.8) is 0 Å². The molecule has 36 heavy (non-hydrogen) atoms. The first kappa shape index (κ1) is 24.2. The van der Waals surface area contributed by atoms with E-state index in [2.05, 4.69) is 10.3 Å². The number of amides is 4. The van der Waals surface area contributed by atoms with E-state index in [1.165, 1.54) is 11.2 Å². The van der Waals surface area contributed by atoms with Crippen LogP contribution in [0.3, 0.4) is 0 Å². The van der Waals surface area contributed by atoms with Crippen molar-refractivity contribution in [1.82, 2.24) is 20.1 Å². The van der Waals surface area contributed by atoms with Crippen LogP contribution in [0, 0.1) is 5.92 Å². The first-order valence-corrected chi connectivity index (χ1v) is 12.9. The Labute approximate surface area is 210 Å². The number of piperidine rings is 1. The first-order chi connectivity index (χ1) is 17.4. The van der Waals surface area contributed by atoms with Crippen LogP contribution in [0.1, 0.15) is 77.6 Å². The van der Waals surface area contributed by atoms with Crippen molar-refractivity contribution < 1.29 is 23.6 Å². The van der Waals surface area contributed by atoms with Gasteiger partial charge in [0.15, 0.2) is 5.78 Å². The Morgan fingerprint density at radius 1 is 1.19 bits per heavy atom. The summed E-state index contributed by atoms with van der Waals surface area (Å²) >= 11 is 0. The van der Waals surface area contributed by atoms with Gasteiger partial charge in [0.25, 0.3) is 11.8 Å². The Morgan fingerprint density at radius 2 is 2.00 bits per heavy atom. The average Bonchev–Trinajstić information content (AvgIpc) is 3.43. The molecule has 0 radical (unpaired) electrons. The number of carbonyl (C=O) groups is 4. The number of likely N-dealkylation sites (tertiary alicyclic amines) is 1. The van der Waals surface area contributed by atoms with Gasteiger partial charge in [-0.1, -0.05) is 19.4 Å². The lowest BCUT2D eigenvalue weighted by atomic mass is 9.74. The van der Waals surface area contributed by atoms with E-state index in [0.717, 1.165) is 18.5 Å². The standard InChI is InChI=1S/C27H32N4O5/c1-2-12-27(25(34)31(26(35)29-27)16-11-19-6-3-4-13-28-19)18-9-14-30(15-10-18)24(33)20-17-36-22-8-5-7-21(32)23(20)22/h3-4,6,13,17-18H,2,5,7-12,14-16H2,1H3,(H,29,35)/t27-/m0/s1. The number of pyridine rings is 1. The number of rotatable bonds is 7. The first-order valence-electron chi connectivity index (χ1n) is 12.9. The summed E-state index contributed by atoms with van der Waals surface area (Å²) in [7, 11) is 0. The lowest BCUT2D eigenvalue weighted by Crippen LogP contribution is -2.56. The fourth-order valence-corrected chi connectivity index (χ4v) is 5.99. The quantitative estimate of drug-likeness (QED) is 0.593. The minimum Gasteiger partial charge on any atom is -0.468 e. The molecule has 4 heterocycles. The van der Waals surface area contributed by atoms with E-state index in [0.29, 0.717) is 68.5 Å². The van der Waals surface area contributed by atoms with E-state index in [4.69, 9.17) is 4.42 Å². The van der Waals surface area contributed by atoms with Crippen LogP contribution < -0.4 is 5.32 Å². The summed E-state index contributed by atoms with van der Waals surface area (Å²) in [6.45, 7) is 3.21. The number of fused-ring (bicyclic) bond motifs is 1. The minimum atomic E-state index is -0.949. The molecule has 0 saturated carbocycles. The van der Waals surface area contributed by atoms with Gasteiger partial charge >= 0.3 is 6.03 Å². The van der Waals surface area contributed by atoms with Gasteiger partial charge in [-0.25, -0.2) is 4.79 Å². The summed E-state index contributed by atoms with van der Waals surface area (Å²) in [5.74, 6) is 0.130. The number of carbonyl (C=O) groups excluding carboxylic acids is 4. The predicted molar refractivity (Wildman–Crippen MR) is 130 cm³/mol. The fraction of sp³-hybridized carbons (Fsp3) is 0.519. The van der Waals surface area contributed by atoms with Crippen LogP contribution in [0.4, 0.5) is 4.79 Å². The number of ketones is 1. The molecule has 4 amide bonds. The van der Waals surface area contributed by atoms with Crippen molar-refractivity contribution in [3.8, 4) is 0 Å². The van der Waals surface area contributed by atoms with Gasteiger partial charge in [0.2, 0.25) is 0 Å². The van der Waals surface area contributed by atoms with E-state index >= 15 is 0 Å². The van der Waals surface area contributed by atoms with E-state index in [-0.39, 0.29) is 36.1 Å². The molecular formula is C27H32N4O5. The number of imide groups is 1. The van der Waals surface area contributed by atoms with Crippen LogP contribution in [0.5, 0.6) is 0 Å². The second kappa shape index (κ2) is 9.87. The topological polar surface area (TPSA) is 113 Å². The summed E-state index contributed by atoms with van der Waals surface area (Å²) < 4.78 is 5.54. The molecule has 9 nitrogen and oxygen atoms in total. The molecule has 1 aliphatic carbocycles. The number of nitrogens with zero attached hydrogens (tertiary/aromatic N) is 3. The zero-order valence-electron chi connectivity index (χ0n) is 20.6. The molecule has 0 aromatic carbocycles. The van der Waals surface area contributed by atoms with Gasteiger partial charge in [-0.3, -0.25) is 24.3 Å². The molecule has 2 aliphatic heterocycles. The fourth-order valence-electron chi connectivity index (χ4n) is 5.99. The van der Waals surface area contributed by atoms with Crippen LogP contribution in [0.2, 0.25) is 0 Å². The van der Waals surface area contributed by atoms with Crippen LogP contribution in [-0.2, 0) is 17.6 Å². The maximum absolute atomic E-state index is 13.6. The molecule has 5 rings (SSSR count). The van der Waals surface area contributed by atoms with E-state index in [1.54, 1.807) is 11.1 Å². The van der Waals surface area contributed by atoms with Gasteiger partial charge in [-0.2, -0.15) is 0 Å². The Kier molecular flexibility index (Phi) is 6.64. The van der Waals surface area contributed by atoms with Crippen LogP contribution in [-0.4, -0.2) is 63.6 Å². The molecule has 0 spiro atoms. The van der Waals surface area contributed by atoms with Gasteiger partial charge in [0.05, 0.1) is 11.1 Å². The zero-order chi connectivity index (χ0) is 25.3. The summed E-state index contributed by atoms with van der Waals surface area (Å²) in [6, 6.07) is 5.25. The molecule has 2 saturated heterocycles. The number of nitrogens with one attached hydrogen (secondary N) is 1. The van der Waals surface area contributed by atoms with Gasteiger partial charge in [0.1, 0.15) is 17.6 Å². The van der Waals surface area contributed by atoms with Gasteiger partial charge in [-0.15, -0.1) is 0 Å². The summed E-state index contributed by atoms with van der Waals surface area (Å²) in [5, 5.41) is 3.05. The van der Waals surface area contributed by atoms with Crippen molar-refractivity contribution in [2.45, 2.75) is 63.8 Å². The largest absolute Gasteiger partial charge is 0.468 e. The van der Waals surface area contributed by atoms with Crippen molar-refractivity contribution in [2.24, 2.45) is 5.92 Å². The Morgan fingerprint density at radius 3 is 2.72 bits per heavy atom. The lowest BCUT2D eigenvalue weighted by molar-refractivity contribution is -0.134. The molecule has 0 unspecified atom stereocenters. The van der Waals surface area contributed by atoms with E-state index in [1.807, 2.05) is 25.1 Å². The van der Waals surface area contributed by atoms with Crippen LogP contribution in [0.15, 0.2) is 35.1 Å². The highest BCUT2D eigenvalue weighted by molar-refractivity contribution is 6.09. The number of hydrogen-bond acceptors (Lipinski definition) is 6. The summed E-state index contributed by atoms with van der Waals surface area (Å²) in [6.07, 6.45) is 7.98. The normalized spacial score (nSPS) is 22.6. The Bertz CT molecular complexity index is 1170. The highest BCUT2D eigenvalue weighted by atomic mass is 16.3. The van der Waals surface area contributed by atoms with Crippen LogP contribution >= 0.6 is 0 Å². The van der Waals surface area contributed by atoms with E-state index < -0.39 is 5.54 Å². The molecule has 9 heteroatoms. The highest BCUT2D eigenvalue weighted by Gasteiger charge is 2.55. The summed E-state index contributed by atoms with van der Waals surface area (Å²) in [5.41, 5.74) is 0.674. The average molecular weight is 493 g/mol. The molecule has 0 bridgehead atoms. The van der Waals surface area contributed by atoms with E-state index in [9.17, 15) is 19.2 Å². The Balaban J connectivity index is 1.27. The molecule has 3 aliphatic rings. The molecular weight excluding hydrogens is 460 g/mol. The van der Waals surface area contributed by atoms with Gasteiger partial charge < -0.3 is 14.6 Å². The minimum absolute atomic E-state index is 0.0322. The zero-order valence-corrected chi connectivity index (χ0v) is 20.6. The molecule has 190 valence electrons. The maximum atomic E-state index is 13.6. The van der Waals surface area contributed by atoms with Gasteiger partial charge in [0, 0.05) is 50.8 Å². The molecule has 1 atom stereocenters. The third-order valence-electron chi connectivity index (χ3n) is 7.83. The number of Topliss-reactive ketones (excluding diaryl/α,β-unsaturated/α-hetero) is 1. The predicted octanol–water partition coefficient (Wildman–Crippen LogP) is 3.38. The number of aryl methyl sites for hydroxylation is 1. The third-order valence-corrected chi connectivity index (χ3v) is 7.83. The van der Waals surface area contributed by atoms with Crippen molar-refractivity contribution in [3.05, 3.63) is 53.2 Å². The number of urea groups is 1. The number of furan rings is 1. The molecule has 1 N–H and O–H groups in total. The smallest absolute Gasteiger partial charge is 0.325 e. The SMILES string of the molecule is CCC[C@@]1(C2CCN(C(=O)c3coc4c3C(=O)CCC4)CC2)NC(=O)N(CCc2ccccn2)C1=O. The van der Waals surface area contributed by atoms with Crippen molar-refractivity contribution in [2.75, 3.05) is 19.6 Å². The maximum Gasteiger partial charge on any atom is 0.325 e. The van der Waals surface area contributed by atoms with Crippen LogP contribution in [0.25, 0.3) is 0 Å².